The second-order valence-electron chi connectivity index (χ2n) is 23.9. The number of carboxylic acids is 1. The number of alkyl halides is 3. The van der Waals surface area contributed by atoms with Crippen LogP contribution in [0.2, 0.25) is 0 Å². The molecular formula is C81H66F3IN6O20S3. The molecule has 10 aromatic rings. The molecule has 33 heteroatoms. The number of anilines is 3. The number of ether oxygens (including phenoxy) is 10. The Labute approximate surface area is 677 Å². The van der Waals surface area contributed by atoms with E-state index in [0.29, 0.717) is 87.9 Å². The molecule has 0 unspecified atom stereocenters. The van der Waals surface area contributed by atoms with Crippen LogP contribution in [0.3, 0.4) is 0 Å². The van der Waals surface area contributed by atoms with Crippen LogP contribution in [0.15, 0.2) is 242 Å². The quantitative estimate of drug-likeness (QED) is 0.0155. The van der Waals surface area contributed by atoms with E-state index in [0.717, 1.165) is 0 Å². The molecule has 5 N–H and O–H groups in total. The van der Waals surface area contributed by atoms with E-state index in [-0.39, 0.29) is 89.3 Å². The molecule has 0 spiro atoms. The Morgan fingerprint density at radius 1 is 0.456 bits per heavy atom. The number of aliphatic imine (C=N–C) groups is 3. The Balaban J connectivity index is 0.000000204. The predicted molar refractivity (Wildman–Crippen MR) is 432 cm³/mol. The van der Waals surface area contributed by atoms with Crippen molar-refractivity contribution in [2.45, 2.75) is 40.0 Å². The van der Waals surface area contributed by atoms with E-state index in [1.54, 1.807) is 243 Å². The zero-order valence-corrected chi connectivity index (χ0v) is 64.6. The van der Waals surface area contributed by atoms with E-state index < -0.39 is 59.7 Å². The summed E-state index contributed by atoms with van der Waals surface area (Å²) in [4.78, 5) is 121. The van der Waals surface area contributed by atoms with Crippen molar-refractivity contribution in [1.29, 1.82) is 0 Å². The minimum absolute atomic E-state index is 0. The number of hydrogen-bond donors (Lipinski definition) is 4. The third-order valence-electron chi connectivity index (χ3n) is 14.7. The molecule has 0 saturated heterocycles. The number of nitrogen functional groups attached to an aromatic ring is 1. The average Bonchev–Trinajstić information content (AvgIpc) is 1.66. The van der Waals surface area contributed by atoms with Gasteiger partial charge in [0.25, 0.3) is 5.91 Å². The van der Waals surface area contributed by atoms with Gasteiger partial charge in [-0.25, -0.2) is 53.3 Å². The highest BCUT2D eigenvalue weighted by Crippen LogP contribution is 2.35. The number of cyclic esters (lactones) is 3. The molecule has 0 aliphatic carbocycles. The largest absolute Gasteiger partial charge is 0.493 e. The summed E-state index contributed by atoms with van der Waals surface area (Å²) in [6.45, 7) is 5.33. The van der Waals surface area contributed by atoms with Gasteiger partial charge in [-0.15, -0.1) is 58.0 Å². The summed E-state index contributed by atoms with van der Waals surface area (Å²) in [6, 6.07) is 54.2. The standard InChI is InChI=1S/C29H20N2O6S.C27H24N2O7S.C22H16N2O5S.C2HF3O2.CH4.HI/c1-35-24-17-18(9-14-23(24)36-29(34)25-8-5-15-38-25)16-22-28(33)37-27(31-22)20-10-12-21(13-11-20)30-26(32)19-6-3-2-4-7-19;1-27(2,3)36-26(32)28-18-10-8-17(9-11-18)23-29-19(24(30)35-23)14-16-7-12-20(21(15-16)33-4)34-25(31)22-6-5-13-37-22;1-27-18-12-13(4-9-17(18)28-22(26)19-3-2-10-30-19)11-16-21(25)29-20(24-16)14-5-7-15(23)8-6-14;3-2(4,5)1(6)7;;/h2-17H,1H3,(H,30,32);5-15H,1-4H3,(H,28,32);2-12H,23H2,1H3;(H,6,7);1H4;1H/b22-16+;19-14+;16-11+;;;. The summed E-state index contributed by atoms with van der Waals surface area (Å²) in [5.74, 6) is -3.92. The van der Waals surface area contributed by atoms with Gasteiger partial charge in [0, 0.05) is 39.3 Å². The number of thiophene rings is 3. The van der Waals surface area contributed by atoms with Crippen LogP contribution in [0.25, 0.3) is 18.2 Å². The molecule has 0 radical (unpaired) electrons. The highest BCUT2D eigenvalue weighted by Gasteiger charge is 2.38. The van der Waals surface area contributed by atoms with E-state index in [1.165, 1.54) is 55.3 Å². The fourth-order valence-electron chi connectivity index (χ4n) is 9.51. The molecule has 0 bridgehead atoms. The SMILES string of the molecule is C.COc1cc(/C=C2/N=C(c3ccc(N)cc3)OC2=O)ccc1OC(=O)c1cccs1.COc1cc(/C=C2/N=C(c3ccc(NC(=O)OC(C)(C)C)cc3)OC2=O)ccc1OC(=O)c1cccs1.COc1cc(/C=C2/N=C(c3ccc(NC(=O)c4ccccc4)cc3)OC2=O)ccc1OC(=O)c1cccs1.I.O=C(O)C(F)(F)F. The van der Waals surface area contributed by atoms with Gasteiger partial charge in [-0.2, -0.15) is 13.2 Å². The number of carbonyl (C=O) groups excluding carboxylic acids is 8. The van der Waals surface area contributed by atoms with E-state index in [2.05, 4.69) is 25.6 Å². The second kappa shape index (κ2) is 39.5. The number of halogens is 4. The van der Waals surface area contributed by atoms with Crippen molar-refractivity contribution >= 4 is 165 Å². The molecule has 2 amide bonds. The van der Waals surface area contributed by atoms with Gasteiger partial charge in [0.15, 0.2) is 51.6 Å². The lowest BCUT2D eigenvalue weighted by molar-refractivity contribution is -0.192. The lowest BCUT2D eigenvalue weighted by Gasteiger charge is -2.19. The monoisotopic (exact) mass is 1720 g/mol. The number of nitrogens with one attached hydrogen (secondary N) is 2. The predicted octanol–water partition coefficient (Wildman–Crippen LogP) is 17.0. The minimum Gasteiger partial charge on any atom is -0.493 e. The zero-order chi connectivity index (χ0) is 80.2. The van der Waals surface area contributed by atoms with Crippen LogP contribution in [0.5, 0.6) is 34.5 Å². The summed E-state index contributed by atoms with van der Waals surface area (Å²) in [6.07, 6.45) is -0.990. The molecule has 13 rings (SSSR count). The third kappa shape index (κ3) is 24.1. The number of benzene rings is 7. The van der Waals surface area contributed by atoms with Crippen LogP contribution in [-0.2, 0) is 38.1 Å². The van der Waals surface area contributed by atoms with E-state index in [1.807, 2.05) is 6.07 Å². The fourth-order valence-corrected chi connectivity index (χ4v) is 11.3. The van der Waals surface area contributed by atoms with Gasteiger partial charge in [-0.3, -0.25) is 10.1 Å². The number of aliphatic carboxylic acids is 1. The van der Waals surface area contributed by atoms with Gasteiger partial charge in [-0.1, -0.05) is 62.0 Å². The Morgan fingerprint density at radius 2 is 0.781 bits per heavy atom. The van der Waals surface area contributed by atoms with Crippen molar-refractivity contribution < 1.29 is 109 Å². The van der Waals surface area contributed by atoms with Crippen molar-refractivity contribution in [3.63, 3.8) is 0 Å². The van der Waals surface area contributed by atoms with Crippen molar-refractivity contribution in [1.82, 2.24) is 0 Å². The molecule has 3 aliphatic rings. The molecule has 0 atom stereocenters. The number of esters is 6. The lowest BCUT2D eigenvalue weighted by atomic mass is 10.1. The van der Waals surface area contributed by atoms with Crippen LogP contribution in [-0.4, -0.2) is 110 Å². The normalized spacial score (nSPS) is 13.6. The maximum absolute atomic E-state index is 12.5. The third-order valence-corrected chi connectivity index (χ3v) is 17.3. The number of carboxylic acid groups (broad SMARTS) is 1. The molecule has 0 fully saturated rings. The summed E-state index contributed by atoms with van der Waals surface area (Å²) in [5, 5.41) is 18.0. The summed E-state index contributed by atoms with van der Waals surface area (Å²) >= 11 is 3.85. The van der Waals surface area contributed by atoms with E-state index in [9.17, 15) is 51.5 Å². The maximum atomic E-state index is 12.5. The number of nitrogens with two attached hydrogens (primary N) is 1. The van der Waals surface area contributed by atoms with Gasteiger partial charge >= 0.3 is 54.1 Å². The Hall–Kier alpha value is -13.4. The molecule has 0 saturated carbocycles. The van der Waals surface area contributed by atoms with Crippen LogP contribution >= 0.6 is 58.0 Å². The van der Waals surface area contributed by atoms with Crippen molar-refractivity contribution in [2.75, 3.05) is 37.7 Å². The topological polar surface area (TPSA) is 353 Å². The Morgan fingerprint density at radius 3 is 1.08 bits per heavy atom. The zero-order valence-electron chi connectivity index (χ0n) is 59.8. The van der Waals surface area contributed by atoms with Crippen LogP contribution < -0.4 is 44.8 Å². The second-order valence-corrected chi connectivity index (χ2v) is 26.7. The molecule has 6 heterocycles. The van der Waals surface area contributed by atoms with Crippen molar-refractivity contribution in [3.8, 4) is 34.5 Å². The van der Waals surface area contributed by atoms with E-state index in [4.69, 9.17) is 63.0 Å². The van der Waals surface area contributed by atoms with Crippen molar-refractivity contribution in [2.24, 2.45) is 15.0 Å². The van der Waals surface area contributed by atoms with Crippen LogP contribution in [0.1, 0.15) is 101 Å². The Kier molecular flexibility index (Phi) is 29.9. The summed E-state index contributed by atoms with van der Waals surface area (Å²) < 4.78 is 85.2. The number of methoxy groups -OCH3 is 3. The van der Waals surface area contributed by atoms with Gasteiger partial charge < -0.3 is 63.5 Å². The minimum atomic E-state index is -5.08. The molecule has 586 valence electrons. The van der Waals surface area contributed by atoms with Crippen molar-refractivity contribution in [3.05, 3.63) is 281 Å². The molecule has 7 aromatic carbocycles. The first kappa shape index (κ1) is 86.2. The molecule has 3 aliphatic heterocycles. The summed E-state index contributed by atoms with van der Waals surface area (Å²) in [5.41, 5.74) is 11.3. The first-order valence-electron chi connectivity index (χ1n) is 32.7. The van der Waals surface area contributed by atoms with Gasteiger partial charge in [0.1, 0.15) is 20.2 Å². The number of amides is 2. The molecular weight excluding hydrogens is 1660 g/mol. The van der Waals surface area contributed by atoms with Gasteiger partial charge in [0.2, 0.25) is 17.7 Å². The summed E-state index contributed by atoms with van der Waals surface area (Å²) in [7, 11) is 4.38. The smallest absolute Gasteiger partial charge is 0.490 e. The lowest BCUT2D eigenvalue weighted by Crippen LogP contribution is -2.27. The first-order chi connectivity index (χ1) is 53.6. The number of carbonyl (C=O) groups is 9. The van der Waals surface area contributed by atoms with Crippen LogP contribution in [0.4, 0.5) is 35.0 Å². The van der Waals surface area contributed by atoms with Gasteiger partial charge in [0.05, 0.1) is 21.3 Å². The first-order valence-corrected chi connectivity index (χ1v) is 35.3. The maximum Gasteiger partial charge on any atom is 0.490 e. The highest BCUT2D eigenvalue weighted by atomic mass is 127. The molecule has 3 aromatic heterocycles. The number of hydrogen-bond acceptors (Lipinski definition) is 26. The molecule has 114 heavy (non-hydrogen) atoms. The average molecular weight is 1720 g/mol. The van der Waals surface area contributed by atoms with E-state index >= 15 is 0 Å². The van der Waals surface area contributed by atoms with Gasteiger partial charge in [-0.05, 0) is 211 Å². The number of nitrogens with zero attached hydrogens (tertiary/aromatic N) is 3. The molecule has 26 nitrogen and oxygen atoms in total. The highest BCUT2D eigenvalue weighted by molar-refractivity contribution is 14.0. The number of rotatable bonds is 18. The Bertz CT molecular complexity index is 5380. The fraction of sp³-hybridized carbons (Fsp3) is 0.111. The van der Waals surface area contributed by atoms with Crippen LogP contribution in [0, 0.1) is 0 Å².